The van der Waals surface area contributed by atoms with Gasteiger partial charge in [-0.1, -0.05) is 13.3 Å². The Bertz CT molecular complexity index is 503. The van der Waals surface area contributed by atoms with Crippen molar-refractivity contribution in [2.24, 2.45) is 0 Å². The maximum absolute atomic E-state index is 12.0. The van der Waals surface area contributed by atoms with Crippen molar-refractivity contribution in [2.75, 3.05) is 18.8 Å². The molecule has 2 aliphatic rings. The van der Waals surface area contributed by atoms with Crippen LogP contribution in [0.15, 0.2) is 24.5 Å². The summed E-state index contributed by atoms with van der Waals surface area (Å²) in [4.78, 5) is 18.0. The maximum atomic E-state index is 12.0. The number of hydrogen-bond donors (Lipinski definition) is 0. The molecule has 0 saturated carbocycles. The fourth-order valence-corrected chi connectivity index (χ4v) is 4.69. The molecule has 120 valence electrons. The fourth-order valence-electron chi connectivity index (χ4n) is 3.13. The van der Waals surface area contributed by atoms with Gasteiger partial charge in [0.2, 0.25) is 5.91 Å². The number of carbonyl (C=O) groups excluding carboxylic acids is 1. The monoisotopic (exact) mass is 320 g/mol. The van der Waals surface area contributed by atoms with Gasteiger partial charge in [-0.2, -0.15) is 0 Å². The van der Waals surface area contributed by atoms with Crippen molar-refractivity contribution < 1.29 is 9.53 Å². The van der Waals surface area contributed by atoms with Crippen LogP contribution in [0.4, 0.5) is 0 Å². The van der Waals surface area contributed by atoms with E-state index in [0.29, 0.717) is 25.0 Å². The number of amides is 1. The number of likely N-dealkylation sites (tertiary alicyclic amines) is 1. The second-order valence-corrected chi connectivity index (χ2v) is 7.83. The maximum Gasteiger partial charge on any atom is 0.222 e. The number of unbranched alkanes of at least 4 members (excludes halogenated alkanes) is 1. The number of thioether (sulfide) groups is 1. The first-order valence-corrected chi connectivity index (χ1v) is 9.11. The molecule has 1 spiro atoms. The van der Waals surface area contributed by atoms with Crippen molar-refractivity contribution in [3.8, 4) is 0 Å². The van der Waals surface area contributed by atoms with E-state index in [1.54, 1.807) is 12.4 Å². The minimum Gasteiger partial charge on any atom is -0.373 e. The van der Waals surface area contributed by atoms with Crippen LogP contribution in [0.25, 0.3) is 0 Å². The third kappa shape index (κ3) is 3.63. The number of aromatic nitrogens is 1. The van der Waals surface area contributed by atoms with E-state index >= 15 is 0 Å². The molecule has 0 bridgehead atoms. The Balaban J connectivity index is 1.41. The molecule has 1 unspecified atom stereocenters. The molecule has 1 aromatic rings. The third-order valence-electron chi connectivity index (χ3n) is 4.47. The summed E-state index contributed by atoms with van der Waals surface area (Å²) in [6.07, 6.45) is 7.79. The van der Waals surface area contributed by atoms with Gasteiger partial charge < -0.3 is 9.64 Å². The number of ether oxygens (including phenoxy) is 1. The SMILES string of the molecule is CCCCC(=O)N1CC2(CC(OCc3ccncc3)CS2)C1. The smallest absolute Gasteiger partial charge is 0.222 e. The standard InChI is InChI=1S/C17H24N2O2S/c1-2-3-4-16(20)19-12-17(13-19)9-15(11-22-17)21-10-14-5-7-18-8-6-14/h5-8,15H,2-4,9-13H2,1H3. The first-order chi connectivity index (χ1) is 10.7. The van der Waals surface area contributed by atoms with Crippen molar-refractivity contribution in [3.05, 3.63) is 30.1 Å². The third-order valence-corrected chi connectivity index (χ3v) is 6.04. The lowest BCUT2D eigenvalue weighted by atomic mass is 9.92. The van der Waals surface area contributed by atoms with E-state index in [0.717, 1.165) is 38.1 Å². The van der Waals surface area contributed by atoms with Crippen LogP contribution >= 0.6 is 11.8 Å². The Morgan fingerprint density at radius 1 is 1.45 bits per heavy atom. The topological polar surface area (TPSA) is 42.4 Å². The van der Waals surface area contributed by atoms with E-state index in [-0.39, 0.29) is 4.75 Å². The van der Waals surface area contributed by atoms with Gasteiger partial charge in [-0.3, -0.25) is 9.78 Å². The zero-order valence-corrected chi connectivity index (χ0v) is 14.0. The minimum absolute atomic E-state index is 0.269. The second kappa shape index (κ2) is 7.01. The number of pyridine rings is 1. The van der Waals surface area contributed by atoms with Crippen LogP contribution in [-0.4, -0.2) is 45.5 Å². The summed E-state index contributed by atoms with van der Waals surface area (Å²) in [5, 5.41) is 0. The Hall–Kier alpha value is -1.07. The van der Waals surface area contributed by atoms with E-state index in [9.17, 15) is 4.79 Å². The number of nitrogens with zero attached hydrogens (tertiary/aromatic N) is 2. The lowest BCUT2D eigenvalue weighted by molar-refractivity contribution is -0.136. The molecule has 3 rings (SSSR count). The van der Waals surface area contributed by atoms with E-state index < -0.39 is 0 Å². The normalized spacial score (nSPS) is 22.8. The highest BCUT2D eigenvalue weighted by molar-refractivity contribution is 8.01. The molecular weight excluding hydrogens is 296 g/mol. The van der Waals surface area contributed by atoms with Crippen LogP contribution in [0.5, 0.6) is 0 Å². The Morgan fingerprint density at radius 2 is 2.23 bits per heavy atom. The lowest BCUT2D eigenvalue weighted by Crippen LogP contribution is -2.60. The van der Waals surface area contributed by atoms with Gasteiger partial charge in [0.05, 0.1) is 17.5 Å². The molecule has 0 aliphatic carbocycles. The molecule has 1 amide bonds. The molecule has 3 heterocycles. The zero-order valence-electron chi connectivity index (χ0n) is 13.2. The highest BCUT2D eigenvalue weighted by Crippen LogP contribution is 2.46. The van der Waals surface area contributed by atoms with Crippen molar-refractivity contribution in [1.82, 2.24) is 9.88 Å². The van der Waals surface area contributed by atoms with Gasteiger partial charge in [-0.15, -0.1) is 11.8 Å². The van der Waals surface area contributed by atoms with Gasteiger partial charge in [0.15, 0.2) is 0 Å². The van der Waals surface area contributed by atoms with Gasteiger partial charge in [-0.05, 0) is 30.5 Å². The number of carbonyl (C=O) groups is 1. The summed E-state index contributed by atoms with van der Waals surface area (Å²) in [5.41, 5.74) is 1.17. The highest BCUT2D eigenvalue weighted by Gasteiger charge is 2.50. The van der Waals surface area contributed by atoms with Crippen LogP contribution in [0.3, 0.4) is 0 Å². The van der Waals surface area contributed by atoms with Crippen LogP contribution in [0.2, 0.25) is 0 Å². The Labute approximate surface area is 136 Å². The molecule has 2 saturated heterocycles. The Morgan fingerprint density at radius 3 is 2.95 bits per heavy atom. The molecule has 0 N–H and O–H groups in total. The van der Waals surface area contributed by atoms with E-state index in [1.165, 1.54) is 5.56 Å². The van der Waals surface area contributed by atoms with Crippen molar-refractivity contribution in [1.29, 1.82) is 0 Å². The average molecular weight is 320 g/mol. The summed E-state index contributed by atoms with van der Waals surface area (Å²) in [6.45, 7) is 4.61. The minimum atomic E-state index is 0.269. The van der Waals surface area contributed by atoms with Crippen LogP contribution in [0, 0.1) is 0 Å². The summed E-state index contributed by atoms with van der Waals surface area (Å²) in [6, 6.07) is 3.99. The predicted molar refractivity (Wildman–Crippen MR) is 88.7 cm³/mol. The van der Waals surface area contributed by atoms with E-state index in [4.69, 9.17) is 4.74 Å². The molecule has 1 aromatic heterocycles. The average Bonchev–Trinajstić information content (AvgIpc) is 2.95. The Kier molecular flexibility index (Phi) is 5.03. The molecule has 2 fully saturated rings. The van der Waals surface area contributed by atoms with Crippen LogP contribution < -0.4 is 0 Å². The van der Waals surface area contributed by atoms with Gasteiger partial charge in [-0.25, -0.2) is 0 Å². The summed E-state index contributed by atoms with van der Waals surface area (Å²) < 4.78 is 6.30. The first kappa shape index (κ1) is 15.8. The molecule has 4 nitrogen and oxygen atoms in total. The van der Waals surface area contributed by atoms with Crippen molar-refractivity contribution >= 4 is 17.7 Å². The summed E-state index contributed by atoms with van der Waals surface area (Å²) in [5.74, 6) is 1.37. The largest absolute Gasteiger partial charge is 0.373 e. The van der Waals surface area contributed by atoms with E-state index in [2.05, 4.69) is 11.9 Å². The quantitative estimate of drug-likeness (QED) is 0.808. The van der Waals surface area contributed by atoms with Gasteiger partial charge in [0, 0.05) is 37.7 Å². The van der Waals surface area contributed by atoms with Crippen molar-refractivity contribution in [2.45, 2.75) is 50.1 Å². The fraction of sp³-hybridized carbons (Fsp3) is 0.647. The van der Waals surface area contributed by atoms with E-state index in [1.807, 2.05) is 28.8 Å². The molecule has 5 heteroatoms. The zero-order chi connectivity index (χ0) is 15.4. The van der Waals surface area contributed by atoms with Gasteiger partial charge in [0.25, 0.3) is 0 Å². The highest BCUT2D eigenvalue weighted by atomic mass is 32.2. The van der Waals surface area contributed by atoms with Crippen LogP contribution in [-0.2, 0) is 16.1 Å². The predicted octanol–water partition coefficient (Wildman–Crippen LogP) is 2.87. The molecule has 1 atom stereocenters. The summed E-state index contributed by atoms with van der Waals surface area (Å²) >= 11 is 1.99. The molecule has 0 radical (unpaired) electrons. The molecular formula is C17H24N2O2S. The lowest BCUT2D eigenvalue weighted by Gasteiger charge is -2.47. The number of rotatable bonds is 6. The first-order valence-electron chi connectivity index (χ1n) is 8.13. The van der Waals surface area contributed by atoms with Crippen molar-refractivity contribution in [3.63, 3.8) is 0 Å². The van der Waals surface area contributed by atoms with Crippen LogP contribution in [0.1, 0.15) is 38.2 Å². The van der Waals surface area contributed by atoms with Gasteiger partial charge in [0.1, 0.15) is 0 Å². The van der Waals surface area contributed by atoms with Gasteiger partial charge >= 0.3 is 0 Å². The number of hydrogen-bond acceptors (Lipinski definition) is 4. The molecule has 2 aliphatic heterocycles. The summed E-state index contributed by atoms with van der Waals surface area (Å²) in [7, 11) is 0. The molecule has 22 heavy (non-hydrogen) atoms. The second-order valence-electron chi connectivity index (χ2n) is 6.34. The molecule has 0 aromatic carbocycles.